The molecular formula is C27H41. The highest BCUT2D eigenvalue weighted by Crippen LogP contribution is 2.17. The fourth-order valence-corrected chi connectivity index (χ4v) is 3.99. The van der Waals surface area contributed by atoms with Crippen molar-refractivity contribution < 1.29 is 0 Å². The number of benzene rings is 2. The molecule has 0 unspecified atom stereocenters. The zero-order chi connectivity index (χ0) is 19.0. The van der Waals surface area contributed by atoms with Gasteiger partial charge in [0.1, 0.15) is 0 Å². The second kappa shape index (κ2) is 14.7. The standard InChI is InChI=1S/C27H41/c1-2-3-4-5-6-7-8-9-10-11-12-13-14-15-16-19-25-22-23-26-20-17-18-21-27(26)24-25/h17-18,20-23H,2-16,19H2,1H3. The Bertz CT molecular complexity index is 598. The predicted octanol–water partition coefficient (Wildman–Crippen LogP) is 9.05. The zero-order valence-corrected chi connectivity index (χ0v) is 17.8. The van der Waals surface area contributed by atoms with Gasteiger partial charge in [0.2, 0.25) is 0 Å². The first-order valence-electron chi connectivity index (χ1n) is 11.8. The summed E-state index contributed by atoms with van der Waals surface area (Å²) >= 11 is 0. The van der Waals surface area contributed by atoms with Gasteiger partial charge in [-0.3, -0.25) is 0 Å². The highest BCUT2D eigenvalue weighted by atomic mass is 14.0. The van der Waals surface area contributed by atoms with Crippen LogP contribution in [0.25, 0.3) is 10.8 Å². The lowest BCUT2D eigenvalue weighted by atomic mass is 10.0. The van der Waals surface area contributed by atoms with Crippen molar-refractivity contribution in [1.82, 2.24) is 0 Å². The topological polar surface area (TPSA) is 0 Å². The van der Waals surface area contributed by atoms with Gasteiger partial charge in [0.05, 0.1) is 0 Å². The molecule has 0 aromatic heterocycles. The lowest BCUT2D eigenvalue weighted by molar-refractivity contribution is 0.532. The molecule has 2 aromatic rings. The first-order chi connectivity index (χ1) is 13.4. The lowest BCUT2D eigenvalue weighted by Gasteiger charge is -2.05. The first-order valence-corrected chi connectivity index (χ1v) is 11.8. The molecule has 0 aliphatic heterocycles. The van der Waals surface area contributed by atoms with Crippen LogP contribution in [-0.4, -0.2) is 0 Å². The van der Waals surface area contributed by atoms with Crippen LogP contribution < -0.4 is 0 Å². The maximum absolute atomic E-state index is 3.58. The third-order valence-corrected chi connectivity index (χ3v) is 5.77. The van der Waals surface area contributed by atoms with E-state index < -0.39 is 0 Å². The van der Waals surface area contributed by atoms with Gasteiger partial charge >= 0.3 is 0 Å². The Morgan fingerprint density at radius 2 is 1.07 bits per heavy atom. The van der Waals surface area contributed by atoms with Gasteiger partial charge in [0.15, 0.2) is 0 Å². The lowest BCUT2D eigenvalue weighted by Crippen LogP contribution is -1.87. The van der Waals surface area contributed by atoms with Crippen molar-refractivity contribution in [3.05, 3.63) is 48.0 Å². The Morgan fingerprint density at radius 1 is 0.556 bits per heavy atom. The van der Waals surface area contributed by atoms with Crippen LogP contribution in [0.5, 0.6) is 0 Å². The second-order valence-corrected chi connectivity index (χ2v) is 8.27. The average molecular weight is 366 g/mol. The van der Waals surface area contributed by atoms with Crippen molar-refractivity contribution in [2.24, 2.45) is 0 Å². The summed E-state index contributed by atoms with van der Waals surface area (Å²) in [6, 6.07) is 16.6. The van der Waals surface area contributed by atoms with Gasteiger partial charge in [-0.1, -0.05) is 133 Å². The van der Waals surface area contributed by atoms with Gasteiger partial charge in [-0.2, -0.15) is 0 Å². The molecule has 2 rings (SSSR count). The molecule has 27 heavy (non-hydrogen) atoms. The minimum atomic E-state index is 1.18. The van der Waals surface area contributed by atoms with Gasteiger partial charge in [-0.15, -0.1) is 0 Å². The normalized spacial score (nSPS) is 11.3. The SMILES string of the molecule is CCCCCCCCCCCCCCCCCc1[c]c2ccccc2cc1. The summed E-state index contributed by atoms with van der Waals surface area (Å²) in [5.74, 6) is 0. The van der Waals surface area contributed by atoms with Crippen LogP contribution in [0.2, 0.25) is 0 Å². The monoisotopic (exact) mass is 365 g/mol. The van der Waals surface area contributed by atoms with Gasteiger partial charge in [-0.05, 0) is 35.2 Å². The molecule has 2 aromatic carbocycles. The van der Waals surface area contributed by atoms with Crippen molar-refractivity contribution in [2.45, 2.75) is 110 Å². The van der Waals surface area contributed by atoms with E-state index in [9.17, 15) is 0 Å². The van der Waals surface area contributed by atoms with Crippen molar-refractivity contribution in [3.63, 3.8) is 0 Å². The molecule has 0 bridgehead atoms. The molecule has 0 aliphatic carbocycles. The van der Waals surface area contributed by atoms with E-state index in [0.29, 0.717) is 0 Å². The van der Waals surface area contributed by atoms with E-state index in [0.717, 1.165) is 0 Å². The zero-order valence-electron chi connectivity index (χ0n) is 17.8. The van der Waals surface area contributed by atoms with Crippen LogP contribution in [0.15, 0.2) is 36.4 Å². The quantitative estimate of drug-likeness (QED) is 0.260. The molecule has 0 fully saturated rings. The number of aryl methyl sites for hydroxylation is 1. The van der Waals surface area contributed by atoms with E-state index in [2.05, 4.69) is 49.4 Å². The molecule has 0 N–H and O–H groups in total. The Labute approximate surface area is 168 Å². The number of unbranched alkanes of at least 4 members (excludes halogenated alkanes) is 14. The highest BCUT2D eigenvalue weighted by Gasteiger charge is 1.98. The highest BCUT2D eigenvalue weighted by molar-refractivity contribution is 5.82. The number of rotatable bonds is 16. The third kappa shape index (κ3) is 9.99. The Balaban J connectivity index is 1.37. The smallest absolute Gasteiger partial charge is 0.00643 e. The molecule has 0 aliphatic rings. The maximum Gasteiger partial charge on any atom is -0.00643 e. The Hall–Kier alpha value is -1.30. The number of fused-ring (bicyclic) bond motifs is 1. The van der Waals surface area contributed by atoms with E-state index in [1.54, 1.807) is 0 Å². The molecule has 0 heteroatoms. The molecule has 149 valence electrons. The minimum Gasteiger partial charge on any atom is -0.0654 e. The molecule has 0 atom stereocenters. The first kappa shape index (κ1) is 22.0. The van der Waals surface area contributed by atoms with Crippen molar-refractivity contribution in [1.29, 1.82) is 0 Å². The summed E-state index contributed by atoms with van der Waals surface area (Å²) < 4.78 is 0. The van der Waals surface area contributed by atoms with Gasteiger partial charge < -0.3 is 0 Å². The fraction of sp³-hybridized carbons (Fsp3) is 0.630. The summed E-state index contributed by atoms with van der Waals surface area (Å²) in [5, 5.41) is 2.56. The van der Waals surface area contributed by atoms with Crippen molar-refractivity contribution in [3.8, 4) is 0 Å². The molecule has 0 heterocycles. The molecule has 0 nitrogen and oxygen atoms in total. The minimum absolute atomic E-state index is 1.18. The predicted molar refractivity (Wildman–Crippen MR) is 121 cm³/mol. The molecule has 0 amide bonds. The average Bonchev–Trinajstić information content (AvgIpc) is 2.71. The molecule has 0 saturated heterocycles. The van der Waals surface area contributed by atoms with E-state index in [4.69, 9.17) is 0 Å². The van der Waals surface area contributed by atoms with Crippen LogP contribution in [0.1, 0.15) is 109 Å². The molecule has 1 radical (unpaired) electrons. The summed E-state index contributed by atoms with van der Waals surface area (Å²) in [6.45, 7) is 2.30. The maximum atomic E-state index is 3.58. The van der Waals surface area contributed by atoms with Crippen LogP contribution in [-0.2, 0) is 6.42 Å². The third-order valence-electron chi connectivity index (χ3n) is 5.77. The Morgan fingerprint density at radius 3 is 1.67 bits per heavy atom. The summed E-state index contributed by atoms with van der Waals surface area (Å²) in [4.78, 5) is 0. The fourth-order valence-electron chi connectivity index (χ4n) is 3.99. The van der Waals surface area contributed by atoms with Crippen LogP contribution >= 0.6 is 0 Å². The summed E-state index contributed by atoms with van der Waals surface area (Å²) in [7, 11) is 0. The molecule has 0 spiro atoms. The van der Waals surface area contributed by atoms with E-state index in [-0.39, 0.29) is 0 Å². The van der Waals surface area contributed by atoms with Crippen LogP contribution in [0, 0.1) is 6.07 Å². The molecule has 0 saturated carbocycles. The number of hydrogen-bond donors (Lipinski definition) is 0. The number of hydrogen-bond acceptors (Lipinski definition) is 0. The summed E-state index contributed by atoms with van der Waals surface area (Å²) in [5.41, 5.74) is 1.38. The van der Waals surface area contributed by atoms with Crippen LogP contribution in [0.4, 0.5) is 0 Å². The van der Waals surface area contributed by atoms with Crippen molar-refractivity contribution >= 4 is 10.8 Å². The van der Waals surface area contributed by atoms with E-state index in [1.165, 1.54) is 119 Å². The summed E-state index contributed by atoms with van der Waals surface area (Å²) in [6.07, 6.45) is 22.6. The largest absolute Gasteiger partial charge is 0.0654 e. The second-order valence-electron chi connectivity index (χ2n) is 8.27. The molecular weight excluding hydrogens is 324 g/mol. The van der Waals surface area contributed by atoms with E-state index in [1.807, 2.05) is 0 Å². The van der Waals surface area contributed by atoms with Gasteiger partial charge in [0, 0.05) is 0 Å². The van der Waals surface area contributed by atoms with Gasteiger partial charge in [-0.25, -0.2) is 0 Å². The van der Waals surface area contributed by atoms with E-state index >= 15 is 0 Å². The Kier molecular flexibility index (Phi) is 12.0. The van der Waals surface area contributed by atoms with Gasteiger partial charge in [0.25, 0.3) is 0 Å². The van der Waals surface area contributed by atoms with Crippen LogP contribution in [0.3, 0.4) is 0 Å². The van der Waals surface area contributed by atoms with Crippen molar-refractivity contribution in [2.75, 3.05) is 0 Å².